The number of carbonyl (C=O) groups is 2. The molecule has 0 heterocycles. The number of hydrogen-bond donors (Lipinski definition) is 4. The highest BCUT2D eigenvalue weighted by atomic mass is 32.2. The van der Waals surface area contributed by atoms with Crippen molar-refractivity contribution in [3.8, 4) is 0 Å². The molecule has 0 atom stereocenters. The van der Waals surface area contributed by atoms with Crippen LogP contribution in [0.2, 0.25) is 0 Å². The van der Waals surface area contributed by atoms with Crippen LogP contribution in [0, 0.1) is 6.92 Å². The molecule has 0 radical (unpaired) electrons. The van der Waals surface area contributed by atoms with E-state index in [2.05, 4.69) is 20.9 Å². The van der Waals surface area contributed by atoms with Crippen molar-refractivity contribution in [3.63, 3.8) is 0 Å². The van der Waals surface area contributed by atoms with Crippen molar-refractivity contribution in [2.45, 2.75) is 50.0 Å². The van der Waals surface area contributed by atoms with Crippen LogP contribution in [0.5, 0.6) is 0 Å². The molecule has 4 N–H and O–H groups in total. The molecule has 1 aromatic carbocycles. The minimum absolute atomic E-state index is 0.0777. The molecule has 2 rings (SSSR count). The van der Waals surface area contributed by atoms with Crippen LogP contribution in [0.1, 0.15) is 37.7 Å². The molecule has 0 spiro atoms. The fourth-order valence-electron chi connectivity index (χ4n) is 2.60. The van der Waals surface area contributed by atoms with Crippen molar-refractivity contribution in [3.05, 3.63) is 29.8 Å². The third kappa shape index (κ3) is 6.35. The molecule has 0 bridgehead atoms. The van der Waals surface area contributed by atoms with Crippen molar-refractivity contribution in [2.24, 2.45) is 0 Å². The maximum absolute atomic E-state index is 12.1. The Hall–Kier alpha value is -2.13. The summed E-state index contributed by atoms with van der Waals surface area (Å²) >= 11 is 0. The van der Waals surface area contributed by atoms with Crippen molar-refractivity contribution in [1.29, 1.82) is 0 Å². The largest absolute Gasteiger partial charge is 0.334 e. The van der Waals surface area contributed by atoms with Crippen LogP contribution in [-0.2, 0) is 14.8 Å². The van der Waals surface area contributed by atoms with Gasteiger partial charge in [-0.15, -0.1) is 0 Å². The molecule has 1 aromatic rings. The molecule has 138 valence electrons. The second-order valence-corrected chi connectivity index (χ2v) is 7.89. The minimum atomic E-state index is -3.77. The van der Waals surface area contributed by atoms with Crippen LogP contribution in [0.15, 0.2) is 29.2 Å². The maximum Gasteiger partial charge on any atom is 0.333 e. The van der Waals surface area contributed by atoms with Gasteiger partial charge in [-0.25, -0.2) is 23.4 Å². The summed E-state index contributed by atoms with van der Waals surface area (Å²) in [5.74, 6) is -0.658. The lowest BCUT2D eigenvalue weighted by Gasteiger charge is -2.22. The van der Waals surface area contributed by atoms with E-state index >= 15 is 0 Å². The number of sulfonamides is 1. The van der Waals surface area contributed by atoms with Crippen molar-refractivity contribution in [2.75, 3.05) is 6.54 Å². The second kappa shape index (κ2) is 8.82. The van der Waals surface area contributed by atoms with Gasteiger partial charge in [0, 0.05) is 6.04 Å². The Morgan fingerprint density at radius 3 is 2.32 bits per heavy atom. The topological polar surface area (TPSA) is 116 Å². The first kappa shape index (κ1) is 19.2. The van der Waals surface area contributed by atoms with Crippen molar-refractivity contribution >= 4 is 22.0 Å². The summed E-state index contributed by atoms with van der Waals surface area (Å²) in [6.45, 7) is 1.38. The number of amides is 3. The van der Waals surface area contributed by atoms with Crippen molar-refractivity contribution in [1.82, 2.24) is 20.9 Å². The van der Waals surface area contributed by atoms with Crippen LogP contribution < -0.4 is 20.9 Å². The molecule has 0 aromatic heterocycles. The van der Waals surface area contributed by atoms with Crippen molar-refractivity contribution < 1.29 is 18.0 Å². The summed E-state index contributed by atoms with van der Waals surface area (Å²) in [6, 6.07) is 5.89. The lowest BCUT2D eigenvalue weighted by Crippen LogP contribution is -2.52. The molecule has 9 heteroatoms. The average molecular weight is 368 g/mol. The second-order valence-electron chi connectivity index (χ2n) is 6.12. The Labute approximate surface area is 147 Å². The molecule has 25 heavy (non-hydrogen) atoms. The lowest BCUT2D eigenvalue weighted by atomic mass is 9.96. The Kier molecular flexibility index (Phi) is 6.77. The molecule has 0 saturated heterocycles. The fourth-order valence-corrected chi connectivity index (χ4v) is 3.58. The van der Waals surface area contributed by atoms with Gasteiger partial charge in [-0.2, -0.15) is 0 Å². The monoisotopic (exact) mass is 368 g/mol. The van der Waals surface area contributed by atoms with E-state index in [-0.39, 0.29) is 10.9 Å². The molecule has 0 aliphatic heterocycles. The van der Waals surface area contributed by atoms with Gasteiger partial charge in [0.15, 0.2) is 0 Å². The van der Waals surface area contributed by atoms with Gasteiger partial charge in [-0.3, -0.25) is 10.2 Å². The summed E-state index contributed by atoms with van der Waals surface area (Å²) in [6.07, 6.45) is 5.20. The van der Waals surface area contributed by atoms with E-state index in [1.165, 1.54) is 18.6 Å². The molecule has 8 nitrogen and oxygen atoms in total. The number of aryl methyl sites for hydroxylation is 1. The third-order valence-electron chi connectivity index (χ3n) is 4.01. The summed E-state index contributed by atoms with van der Waals surface area (Å²) in [7, 11) is -3.77. The first-order valence-corrected chi connectivity index (χ1v) is 9.77. The standard InChI is InChI=1S/C16H24N4O4S/c1-12-7-9-14(10-8-12)25(23,24)17-11-15(21)19-20-16(22)18-13-5-3-2-4-6-13/h7-10,13,17H,2-6,11H2,1H3,(H,19,21)(H2,18,20,22). The van der Waals surface area contributed by atoms with E-state index in [9.17, 15) is 18.0 Å². The van der Waals surface area contributed by atoms with Crippen LogP contribution in [0.4, 0.5) is 4.79 Å². The van der Waals surface area contributed by atoms with E-state index in [1.54, 1.807) is 12.1 Å². The van der Waals surface area contributed by atoms with Crippen LogP contribution in [-0.4, -0.2) is 32.9 Å². The van der Waals surface area contributed by atoms with E-state index in [0.29, 0.717) is 0 Å². The zero-order valence-corrected chi connectivity index (χ0v) is 15.0. The normalized spacial score (nSPS) is 15.4. The van der Waals surface area contributed by atoms with Crippen LogP contribution >= 0.6 is 0 Å². The van der Waals surface area contributed by atoms with E-state index in [4.69, 9.17) is 0 Å². The molecule has 1 aliphatic carbocycles. The predicted molar refractivity (Wildman–Crippen MR) is 93.1 cm³/mol. The highest BCUT2D eigenvalue weighted by Gasteiger charge is 2.17. The number of urea groups is 1. The maximum atomic E-state index is 12.1. The van der Waals surface area contributed by atoms with Gasteiger partial charge < -0.3 is 5.32 Å². The van der Waals surface area contributed by atoms with E-state index in [0.717, 1.165) is 31.2 Å². The number of benzene rings is 1. The molecule has 0 unspecified atom stereocenters. The van der Waals surface area contributed by atoms with E-state index in [1.807, 2.05) is 6.92 Å². The van der Waals surface area contributed by atoms with Gasteiger partial charge in [0.25, 0.3) is 5.91 Å². The number of hydrogen-bond acceptors (Lipinski definition) is 4. The number of carbonyl (C=O) groups excluding carboxylic acids is 2. The molecule has 1 aliphatic rings. The summed E-state index contributed by atoms with van der Waals surface area (Å²) < 4.78 is 26.3. The smallest absolute Gasteiger partial charge is 0.333 e. The zero-order chi connectivity index (χ0) is 18.3. The molecule has 3 amide bonds. The summed E-state index contributed by atoms with van der Waals surface area (Å²) in [5, 5.41) is 2.77. The predicted octanol–water partition coefficient (Wildman–Crippen LogP) is 0.936. The zero-order valence-electron chi connectivity index (χ0n) is 14.2. The van der Waals surface area contributed by atoms with Gasteiger partial charge in [0.05, 0.1) is 11.4 Å². The lowest BCUT2D eigenvalue weighted by molar-refractivity contribution is -0.120. The first-order chi connectivity index (χ1) is 11.9. The molecular formula is C16H24N4O4S. The van der Waals surface area contributed by atoms with Crippen LogP contribution in [0.3, 0.4) is 0 Å². The molecule has 1 saturated carbocycles. The third-order valence-corrected chi connectivity index (χ3v) is 5.43. The van der Waals surface area contributed by atoms with Crippen LogP contribution in [0.25, 0.3) is 0 Å². The Morgan fingerprint density at radius 1 is 1.04 bits per heavy atom. The van der Waals surface area contributed by atoms with Gasteiger partial charge in [-0.05, 0) is 31.9 Å². The number of nitrogens with one attached hydrogen (secondary N) is 4. The number of hydrazine groups is 1. The van der Waals surface area contributed by atoms with Gasteiger partial charge in [0.1, 0.15) is 0 Å². The highest BCUT2D eigenvalue weighted by molar-refractivity contribution is 7.89. The van der Waals surface area contributed by atoms with Gasteiger partial charge in [-0.1, -0.05) is 37.0 Å². The highest BCUT2D eigenvalue weighted by Crippen LogP contribution is 2.17. The Bertz CT molecular complexity index is 697. The van der Waals surface area contributed by atoms with Gasteiger partial charge >= 0.3 is 6.03 Å². The SMILES string of the molecule is Cc1ccc(S(=O)(=O)NCC(=O)NNC(=O)NC2CCCCC2)cc1. The fraction of sp³-hybridized carbons (Fsp3) is 0.500. The summed E-state index contributed by atoms with van der Waals surface area (Å²) in [5.41, 5.74) is 5.34. The summed E-state index contributed by atoms with van der Waals surface area (Å²) in [4.78, 5) is 23.5. The van der Waals surface area contributed by atoms with E-state index < -0.39 is 28.5 Å². The van der Waals surface area contributed by atoms with Gasteiger partial charge in [0.2, 0.25) is 10.0 Å². The Balaban J connectivity index is 1.72. The number of rotatable bonds is 5. The first-order valence-electron chi connectivity index (χ1n) is 8.28. The Morgan fingerprint density at radius 2 is 1.68 bits per heavy atom. The average Bonchev–Trinajstić information content (AvgIpc) is 2.59. The molecule has 1 fully saturated rings. The molecular weight excluding hydrogens is 344 g/mol. The minimum Gasteiger partial charge on any atom is -0.334 e. The quantitative estimate of drug-likeness (QED) is 0.579.